The fraction of sp³-hybridized carbons (Fsp3) is 0.893. The number of aliphatic hydroxyl groups is 1. The Morgan fingerprint density at radius 3 is 1.68 bits per heavy atom. The Labute approximate surface area is 195 Å². The molecule has 2 atom stereocenters. The van der Waals surface area contributed by atoms with E-state index in [1.807, 2.05) is 6.92 Å². The number of likely N-dealkylation sites (N-methyl/N-ethyl adjacent to an activating group) is 1. The smallest absolute Gasteiger partial charge is 0.200 e. The van der Waals surface area contributed by atoms with Crippen molar-refractivity contribution in [2.24, 2.45) is 4.99 Å². The third-order valence-corrected chi connectivity index (χ3v) is 7.34. The molecule has 0 saturated carbocycles. The topological polar surface area (TPSA) is 32.6 Å². The van der Waals surface area contributed by atoms with Gasteiger partial charge >= 0.3 is 0 Å². The maximum Gasteiger partial charge on any atom is 0.200 e. The highest BCUT2D eigenvalue weighted by Gasteiger charge is 2.40. The number of rotatable bonds is 21. The first-order chi connectivity index (χ1) is 15.2. The van der Waals surface area contributed by atoms with Gasteiger partial charge in [-0.3, -0.25) is 4.48 Å². The average Bonchev–Trinajstić information content (AvgIpc) is 3.19. The van der Waals surface area contributed by atoms with Crippen molar-refractivity contribution >= 4 is 5.84 Å². The minimum Gasteiger partial charge on any atom is -0.345 e. The molecule has 182 valence electrons. The molecule has 0 aromatic rings. The number of allylic oxidation sites excluding steroid dienone is 2. The van der Waals surface area contributed by atoms with Crippen molar-refractivity contribution in [2.75, 3.05) is 19.6 Å². The first-order valence-electron chi connectivity index (χ1n) is 13.9. The molecule has 0 fully saturated rings. The van der Waals surface area contributed by atoms with Gasteiger partial charge in [-0.1, -0.05) is 102 Å². The third-order valence-electron chi connectivity index (χ3n) is 7.34. The van der Waals surface area contributed by atoms with Gasteiger partial charge < -0.3 is 5.11 Å². The normalized spacial score (nSPS) is 19.9. The summed E-state index contributed by atoms with van der Waals surface area (Å²) in [4.78, 5) is 4.73. The Morgan fingerprint density at radius 1 is 0.806 bits per heavy atom. The van der Waals surface area contributed by atoms with Gasteiger partial charge in [0.05, 0.1) is 13.1 Å². The molecule has 3 heteroatoms. The van der Waals surface area contributed by atoms with Crippen LogP contribution in [-0.4, -0.2) is 41.3 Å². The molecule has 1 heterocycles. The number of aliphatic hydroxyl groups excluding tert-OH is 1. The molecule has 31 heavy (non-hydrogen) atoms. The average molecular weight is 436 g/mol. The first-order valence-corrected chi connectivity index (χ1v) is 13.9. The molecule has 0 bridgehead atoms. The Bertz CT molecular complexity index is 472. The summed E-state index contributed by atoms with van der Waals surface area (Å²) in [5.41, 5.74) is 0. The summed E-state index contributed by atoms with van der Waals surface area (Å²) in [5, 5.41) is 10.2. The van der Waals surface area contributed by atoms with E-state index in [1.54, 1.807) is 0 Å². The van der Waals surface area contributed by atoms with Crippen LogP contribution in [0, 0.1) is 0 Å². The Morgan fingerprint density at radius 2 is 1.26 bits per heavy atom. The van der Waals surface area contributed by atoms with Crippen molar-refractivity contribution in [3.05, 3.63) is 12.2 Å². The standard InChI is InChI=1S/C28H55N2O/c1-4-6-7-8-9-10-11-12-13-14-15-16-17-18-19-20-21-22-23-24-28-29-25-26-30(28,5-2)27(3)31/h4,6,27,31H,5,7-26H2,1-3H3/q+1/b6-4+. The van der Waals surface area contributed by atoms with Gasteiger partial charge in [0.15, 0.2) is 6.23 Å². The maximum atomic E-state index is 10.2. The number of quaternary nitrogens is 1. The molecule has 0 aromatic carbocycles. The highest BCUT2D eigenvalue weighted by Crippen LogP contribution is 2.23. The summed E-state index contributed by atoms with van der Waals surface area (Å²) in [5.74, 6) is 1.25. The number of hydrogen-bond donors (Lipinski definition) is 1. The van der Waals surface area contributed by atoms with Crippen LogP contribution in [0.15, 0.2) is 17.1 Å². The van der Waals surface area contributed by atoms with Crippen LogP contribution in [0.5, 0.6) is 0 Å². The molecule has 0 saturated heterocycles. The van der Waals surface area contributed by atoms with Crippen LogP contribution in [0.3, 0.4) is 0 Å². The van der Waals surface area contributed by atoms with Crippen LogP contribution in [0.2, 0.25) is 0 Å². The molecule has 3 nitrogen and oxygen atoms in total. The van der Waals surface area contributed by atoms with E-state index in [1.165, 1.54) is 115 Å². The quantitative estimate of drug-likeness (QED) is 0.110. The second-order valence-corrected chi connectivity index (χ2v) is 9.77. The van der Waals surface area contributed by atoms with Gasteiger partial charge in [-0.05, 0) is 33.1 Å². The van der Waals surface area contributed by atoms with Crippen LogP contribution in [0.25, 0.3) is 0 Å². The van der Waals surface area contributed by atoms with Gasteiger partial charge in [-0.2, -0.15) is 0 Å². The number of hydrogen-bond acceptors (Lipinski definition) is 2. The van der Waals surface area contributed by atoms with E-state index < -0.39 is 0 Å². The Balaban J connectivity index is 1.82. The van der Waals surface area contributed by atoms with Crippen molar-refractivity contribution in [2.45, 2.75) is 143 Å². The lowest BCUT2D eigenvalue weighted by atomic mass is 10.0. The maximum absolute atomic E-state index is 10.2. The summed E-state index contributed by atoms with van der Waals surface area (Å²) in [6.45, 7) is 9.07. The minimum absolute atomic E-state index is 0.315. The van der Waals surface area contributed by atoms with E-state index in [9.17, 15) is 5.11 Å². The van der Waals surface area contributed by atoms with Gasteiger partial charge in [-0.15, -0.1) is 0 Å². The van der Waals surface area contributed by atoms with Crippen molar-refractivity contribution in [3.8, 4) is 0 Å². The minimum atomic E-state index is -0.315. The molecule has 0 spiro atoms. The lowest BCUT2D eigenvalue weighted by Gasteiger charge is -2.36. The molecule has 1 aliphatic heterocycles. The molecule has 1 N–H and O–H groups in total. The van der Waals surface area contributed by atoms with E-state index in [0.717, 1.165) is 30.5 Å². The predicted molar refractivity (Wildman–Crippen MR) is 138 cm³/mol. The van der Waals surface area contributed by atoms with Crippen LogP contribution in [0.1, 0.15) is 136 Å². The molecule has 0 aliphatic carbocycles. The SMILES string of the molecule is C/C=C/CCCCCCCCCCCCCCCCCCC1=NCC[N+]1(CC)C(C)O. The molecular formula is C28H55N2O+. The second-order valence-electron chi connectivity index (χ2n) is 9.77. The molecule has 2 unspecified atom stereocenters. The van der Waals surface area contributed by atoms with Gasteiger partial charge in [0.2, 0.25) is 5.84 Å². The van der Waals surface area contributed by atoms with Gasteiger partial charge in [0, 0.05) is 13.3 Å². The second kappa shape index (κ2) is 18.9. The largest absolute Gasteiger partial charge is 0.345 e. The molecule has 1 aliphatic rings. The highest BCUT2D eigenvalue weighted by atomic mass is 16.3. The van der Waals surface area contributed by atoms with Gasteiger partial charge in [0.1, 0.15) is 6.54 Å². The summed E-state index contributed by atoms with van der Waals surface area (Å²) in [6, 6.07) is 0. The zero-order chi connectivity index (χ0) is 22.6. The monoisotopic (exact) mass is 435 g/mol. The van der Waals surface area contributed by atoms with Crippen molar-refractivity contribution in [1.29, 1.82) is 0 Å². The number of aliphatic imine (C=N–C) groups is 1. The zero-order valence-corrected chi connectivity index (χ0v) is 21.4. The lowest BCUT2D eigenvalue weighted by molar-refractivity contribution is -0.882. The Hall–Kier alpha value is -0.670. The summed E-state index contributed by atoms with van der Waals surface area (Å²) in [7, 11) is 0. The van der Waals surface area contributed by atoms with Crippen LogP contribution < -0.4 is 0 Å². The first kappa shape index (κ1) is 28.4. The van der Waals surface area contributed by atoms with E-state index in [-0.39, 0.29) is 6.23 Å². The summed E-state index contributed by atoms with van der Waals surface area (Å²) < 4.78 is 0.719. The van der Waals surface area contributed by atoms with Gasteiger partial charge in [-0.25, -0.2) is 4.99 Å². The summed E-state index contributed by atoms with van der Waals surface area (Å²) >= 11 is 0. The lowest BCUT2D eigenvalue weighted by Crippen LogP contribution is -2.56. The van der Waals surface area contributed by atoms with Crippen LogP contribution in [-0.2, 0) is 0 Å². The summed E-state index contributed by atoms with van der Waals surface area (Å²) in [6.07, 6.45) is 29.0. The number of amidine groups is 1. The molecule has 0 amide bonds. The van der Waals surface area contributed by atoms with Crippen LogP contribution >= 0.6 is 0 Å². The van der Waals surface area contributed by atoms with E-state index in [2.05, 4.69) is 26.0 Å². The molecular weight excluding hydrogens is 380 g/mol. The zero-order valence-electron chi connectivity index (χ0n) is 21.4. The fourth-order valence-corrected chi connectivity index (χ4v) is 5.12. The van der Waals surface area contributed by atoms with E-state index in [4.69, 9.17) is 4.99 Å². The Kier molecular flexibility index (Phi) is 17.3. The van der Waals surface area contributed by atoms with Crippen molar-refractivity contribution < 1.29 is 9.59 Å². The predicted octanol–water partition coefficient (Wildman–Crippen LogP) is 8.17. The van der Waals surface area contributed by atoms with E-state index >= 15 is 0 Å². The molecule has 1 rings (SSSR count). The number of nitrogens with zero attached hydrogens (tertiary/aromatic N) is 2. The number of unbranched alkanes of at least 4 members (excludes halogenated alkanes) is 16. The third kappa shape index (κ3) is 12.2. The van der Waals surface area contributed by atoms with Crippen molar-refractivity contribution in [1.82, 2.24) is 0 Å². The van der Waals surface area contributed by atoms with E-state index in [0.29, 0.717) is 0 Å². The van der Waals surface area contributed by atoms with Crippen molar-refractivity contribution in [3.63, 3.8) is 0 Å². The van der Waals surface area contributed by atoms with Crippen LogP contribution in [0.4, 0.5) is 0 Å². The fourth-order valence-electron chi connectivity index (χ4n) is 5.12. The molecule has 0 radical (unpaired) electrons. The van der Waals surface area contributed by atoms with Gasteiger partial charge in [0.25, 0.3) is 0 Å². The highest BCUT2D eigenvalue weighted by molar-refractivity contribution is 5.76. The molecule has 0 aromatic heterocycles.